The average molecular weight is 259 g/mol. The van der Waals surface area contributed by atoms with Crippen LogP contribution in [0.15, 0.2) is 54.3 Å². The second-order valence-electron chi connectivity index (χ2n) is 4.56. The zero-order valence-electron chi connectivity index (χ0n) is 11.5. The smallest absolute Gasteiger partial charge is 0.142 e. The summed E-state index contributed by atoms with van der Waals surface area (Å²) < 4.78 is 0. The normalized spacial score (nSPS) is 13.5. The van der Waals surface area contributed by atoms with Crippen LogP contribution in [0, 0.1) is 0 Å². The quantitative estimate of drug-likeness (QED) is 0.463. The number of likely N-dealkylation sites (N-methyl/N-ethyl adjacent to an activating group) is 1. The topological polar surface area (TPSA) is 40.5 Å². The van der Waals surface area contributed by atoms with Gasteiger partial charge in [0.15, 0.2) is 0 Å². The Hall–Kier alpha value is -1.87. The van der Waals surface area contributed by atoms with Crippen molar-refractivity contribution in [3.63, 3.8) is 0 Å². The summed E-state index contributed by atoms with van der Waals surface area (Å²) in [5.74, 6) is 0. The number of hydrogen-bond donors (Lipinski definition) is 1. The summed E-state index contributed by atoms with van der Waals surface area (Å²) in [5, 5.41) is 9.14. The molecule has 1 unspecified atom stereocenters. The van der Waals surface area contributed by atoms with Crippen molar-refractivity contribution >= 4 is 6.29 Å². The van der Waals surface area contributed by atoms with Gasteiger partial charge in [-0.05, 0) is 30.6 Å². The number of aldehydes is 1. The van der Waals surface area contributed by atoms with E-state index in [4.69, 9.17) is 5.11 Å². The number of aliphatic hydroxyl groups is 1. The number of hydrogen-bond acceptors (Lipinski definition) is 3. The van der Waals surface area contributed by atoms with Crippen molar-refractivity contribution in [2.45, 2.75) is 19.4 Å². The minimum absolute atomic E-state index is 0.0513. The molecule has 0 saturated heterocycles. The van der Waals surface area contributed by atoms with Crippen LogP contribution in [0.25, 0.3) is 0 Å². The first-order valence-electron chi connectivity index (χ1n) is 6.36. The Bertz CT molecular complexity index is 437. The monoisotopic (exact) mass is 259 g/mol. The van der Waals surface area contributed by atoms with Gasteiger partial charge in [-0.3, -0.25) is 4.79 Å². The van der Waals surface area contributed by atoms with Crippen molar-refractivity contribution in [3.05, 3.63) is 59.8 Å². The molecule has 0 amide bonds. The third-order valence-corrected chi connectivity index (χ3v) is 2.97. The largest absolute Gasteiger partial charge is 0.394 e. The number of aliphatic hydroxyl groups excluding tert-OH is 1. The predicted molar refractivity (Wildman–Crippen MR) is 77.7 cm³/mol. The second-order valence-corrected chi connectivity index (χ2v) is 4.56. The number of benzene rings is 1. The molecule has 1 aromatic carbocycles. The highest BCUT2D eigenvalue weighted by molar-refractivity contribution is 5.65. The molecule has 0 heterocycles. The van der Waals surface area contributed by atoms with Gasteiger partial charge in [-0.25, -0.2) is 0 Å². The molecule has 0 aliphatic carbocycles. The van der Waals surface area contributed by atoms with E-state index < -0.39 is 0 Å². The number of allylic oxidation sites excluding steroid dienone is 3. The van der Waals surface area contributed by atoms with Gasteiger partial charge in [0, 0.05) is 19.3 Å². The van der Waals surface area contributed by atoms with Gasteiger partial charge in [0.05, 0.1) is 6.61 Å². The van der Waals surface area contributed by atoms with Gasteiger partial charge in [-0.2, -0.15) is 0 Å². The second kappa shape index (κ2) is 8.27. The van der Waals surface area contributed by atoms with E-state index in [0.717, 1.165) is 18.3 Å². The van der Waals surface area contributed by atoms with Crippen molar-refractivity contribution in [1.29, 1.82) is 0 Å². The lowest BCUT2D eigenvalue weighted by molar-refractivity contribution is -0.104. The van der Waals surface area contributed by atoms with E-state index in [-0.39, 0.29) is 12.6 Å². The number of nitrogens with zero attached hydrogens (tertiary/aromatic N) is 1. The molecular formula is C16H21NO2. The Morgan fingerprint density at radius 2 is 2.05 bits per heavy atom. The maximum atomic E-state index is 10.5. The SMILES string of the molecule is CC(CO)N(C)C=C(/C=C\C=O)Cc1ccccc1. The maximum Gasteiger partial charge on any atom is 0.142 e. The Morgan fingerprint density at radius 3 is 2.63 bits per heavy atom. The molecular weight excluding hydrogens is 238 g/mol. The predicted octanol–water partition coefficient (Wildman–Crippen LogP) is 2.18. The zero-order valence-corrected chi connectivity index (χ0v) is 11.5. The zero-order chi connectivity index (χ0) is 14.1. The molecule has 1 N–H and O–H groups in total. The van der Waals surface area contributed by atoms with E-state index in [2.05, 4.69) is 12.1 Å². The molecule has 3 heteroatoms. The van der Waals surface area contributed by atoms with Crippen molar-refractivity contribution in [3.8, 4) is 0 Å². The van der Waals surface area contributed by atoms with Crippen LogP contribution < -0.4 is 0 Å². The molecule has 19 heavy (non-hydrogen) atoms. The van der Waals surface area contributed by atoms with Crippen LogP contribution in [0.1, 0.15) is 12.5 Å². The van der Waals surface area contributed by atoms with E-state index in [1.165, 1.54) is 11.6 Å². The molecule has 1 atom stereocenters. The molecule has 0 aliphatic heterocycles. The van der Waals surface area contributed by atoms with Gasteiger partial charge < -0.3 is 10.0 Å². The molecule has 0 bridgehead atoms. The van der Waals surface area contributed by atoms with Gasteiger partial charge in [0.2, 0.25) is 0 Å². The summed E-state index contributed by atoms with van der Waals surface area (Å²) in [6.07, 6.45) is 6.79. The third kappa shape index (κ3) is 5.53. The lowest BCUT2D eigenvalue weighted by atomic mass is 10.1. The van der Waals surface area contributed by atoms with Crippen molar-refractivity contribution in [2.24, 2.45) is 0 Å². The summed E-state index contributed by atoms with van der Waals surface area (Å²) in [6, 6.07) is 10.1. The van der Waals surface area contributed by atoms with Crippen molar-refractivity contribution in [1.82, 2.24) is 4.90 Å². The molecule has 0 spiro atoms. The highest BCUT2D eigenvalue weighted by Gasteiger charge is 2.05. The summed E-state index contributed by atoms with van der Waals surface area (Å²) >= 11 is 0. The standard InChI is InChI=1S/C16H21NO2/c1-14(13-19)17(2)12-16(9-6-10-18)11-15-7-4-3-5-8-15/h3-10,12,14,19H,11,13H2,1-2H3/b9-6-,16-12?. The van der Waals surface area contributed by atoms with Gasteiger partial charge in [-0.15, -0.1) is 0 Å². The minimum Gasteiger partial charge on any atom is -0.394 e. The van der Waals surface area contributed by atoms with Gasteiger partial charge in [0.25, 0.3) is 0 Å². The molecule has 0 fully saturated rings. The Morgan fingerprint density at radius 1 is 1.37 bits per heavy atom. The first kappa shape index (κ1) is 15.2. The molecule has 102 valence electrons. The lowest BCUT2D eigenvalue weighted by Crippen LogP contribution is -2.27. The van der Waals surface area contributed by atoms with Crippen LogP contribution in [0.2, 0.25) is 0 Å². The molecule has 0 aliphatic rings. The van der Waals surface area contributed by atoms with Crippen LogP contribution in [-0.2, 0) is 11.2 Å². The van der Waals surface area contributed by atoms with Crippen LogP contribution in [0.3, 0.4) is 0 Å². The minimum atomic E-state index is 0.0513. The van der Waals surface area contributed by atoms with E-state index >= 15 is 0 Å². The molecule has 0 aromatic heterocycles. The van der Waals surface area contributed by atoms with E-state index in [1.807, 2.05) is 43.3 Å². The first-order chi connectivity index (χ1) is 9.17. The molecule has 1 rings (SSSR count). The van der Waals surface area contributed by atoms with E-state index in [0.29, 0.717) is 0 Å². The van der Waals surface area contributed by atoms with E-state index in [1.54, 1.807) is 6.08 Å². The Kier molecular flexibility index (Phi) is 6.61. The summed E-state index contributed by atoms with van der Waals surface area (Å²) in [7, 11) is 1.92. The van der Waals surface area contributed by atoms with Crippen LogP contribution >= 0.6 is 0 Å². The summed E-state index contributed by atoms with van der Waals surface area (Å²) in [6.45, 7) is 2.04. The first-order valence-corrected chi connectivity index (χ1v) is 6.36. The highest BCUT2D eigenvalue weighted by atomic mass is 16.3. The molecule has 0 saturated carbocycles. The lowest BCUT2D eigenvalue weighted by Gasteiger charge is -2.22. The van der Waals surface area contributed by atoms with Crippen molar-refractivity contribution < 1.29 is 9.90 Å². The fraction of sp³-hybridized carbons (Fsp3) is 0.312. The number of carbonyl (C=O) groups is 1. The third-order valence-electron chi connectivity index (χ3n) is 2.97. The Labute approximate surface area is 114 Å². The van der Waals surface area contributed by atoms with Crippen molar-refractivity contribution in [2.75, 3.05) is 13.7 Å². The summed E-state index contributed by atoms with van der Waals surface area (Å²) in [4.78, 5) is 12.4. The Balaban J connectivity index is 2.85. The van der Waals surface area contributed by atoms with E-state index in [9.17, 15) is 4.79 Å². The summed E-state index contributed by atoms with van der Waals surface area (Å²) in [5.41, 5.74) is 2.22. The van der Waals surface area contributed by atoms with Gasteiger partial charge in [0.1, 0.15) is 6.29 Å². The molecule has 1 aromatic rings. The van der Waals surface area contributed by atoms with Gasteiger partial charge >= 0.3 is 0 Å². The van der Waals surface area contributed by atoms with Gasteiger partial charge in [-0.1, -0.05) is 36.4 Å². The maximum absolute atomic E-state index is 10.5. The molecule has 0 radical (unpaired) electrons. The fourth-order valence-corrected chi connectivity index (χ4v) is 1.66. The highest BCUT2D eigenvalue weighted by Crippen LogP contribution is 2.11. The fourth-order valence-electron chi connectivity index (χ4n) is 1.66. The number of rotatable bonds is 7. The van der Waals surface area contributed by atoms with Crippen LogP contribution in [0.5, 0.6) is 0 Å². The number of carbonyl (C=O) groups excluding carboxylic acids is 1. The van der Waals surface area contributed by atoms with Crippen LogP contribution in [-0.4, -0.2) is 36.0 Å². The average Bonchev–Trinajstić information content (AvgIpc) is 2.44. The van der Waals surface area contributed by atoms with Crippen LogP contribution in [0.4, 0.5) is 0 Å². The molecule has 3 nitrogen and oxygen atoms in total.